The van der Waals surface area contributed by atoms with Crippen LogP contribution in [0.2, 0.25) is 5.15 Å². The molecule has 0 spiro atoms. The van der Waals surface area contributed by atoms with E-state index >= 15 is 0 Å². The summed E-state index contributed by atoms with van der Waals surface area (Å²) in [6, 6.07) is 4.27. The number of aromatic nitrogens is 3. The molecular formula is C10H6ClN3O. The van der Waals surface area contributed by atoms with Crippen molar-refractivity contribution in [3.8, 4) is 6.01 Å². The molecule has 0 unspecified atom stereocenters. The third-order valence-corrected chi connectivity index (χ3v) is 2.49. The van der Waals surface area contributed by atoms with Gasteiger partial charge in [-0.3, -0.25) is 4.57 Å². The van der Waals surface area contributed by atoms with E-state index in [0.717, 1.165) is 10.9 Å². The van der Waals surface area contributed by atoms with Crippen LogP contribution < -0.4 is 0 Å². The lowest BCUT2D eigenvalue weighted by molar-refractivity contribution is 0.531. The highest BCUT2D eigenvalue weighted by molar-refractivity contribution is 6.34. The van der Waals surface area contributed by atoms with Gasteiger partial charge in [-0.05, 0) is 12.1 Å². The molecule has 0 bridgehead atoms. The molecule has 0 aliphatic carbocycles. The predicted molar refractivity (Wildman–Crippen MR) is 56.1 cm³/mol. The van der Waals surface area contributed by atoms with Crippen LogP contribution >= 0.6 is 11.6 Å². The summed E-state index contributed by atoms with van der Waals surface area (Å²) < 4.78 is 7.04. The molecule has 74 valence electrons. The molecule has 0 radical (unpaired) electrons. The Bertz CT molecular complexity index is 600. The van der Waals surface area contributed by atoms with Gasteiger partial charge in [0.25, 0.3) is 0 Å². The fourth-order valence-electron chi connectivity index (χ4n) is 1.53. The van der Waals surface area contributed by atoms with Gasteiger partial charge in [0.2, 0.25) is 0 Å². The smallest absolute Gasteiger partial charge is 0.306 e. The van der Waals surface area contributed by atoms with E-state index in [-0.39, 0.29) is 0 Å². The maximum Gasteiger partial charge on any atom is 0.306 e. The predicted octanol–water partition coefficient (Wildman–Crippen LogP) is 2.67. The van der Waals surface area contributed by atoms with Crippen molar-refractivity contribution < 1.29 is 4.42 Å². The minimum atomic E-state index is 0.484. The number of oxazole rings is 1. The zero-order valence-electron chi connectivity index (χ0n) is 7.59. The number of hydrogen-bond donors (Lipinski definition) is 0. The molecule has 0 atom stereocenters. The van der Waals surface area contributed by atoms with Crippen LogP contribution in [0.4, 0.5) is 0 Å². The standard InChI is InChI=1S/C10H6ClN3O/c11-9-7-2-5-14(8(7)1-3-12-9)10-13-4-6-15-10/h1-6H. The summed E-state index contributed by atoms with van der Waals surface area (Å²) in [6.45, 7) is 0. The molecular weight excluding hydrogens is 214 g/mol. The van der Waals surface area contributed by atoms with Gasteiger partial charge >= 0.3 is 6.01 Å². The Balaban J connectivity index is 2.34. The van der Waals surface area contributed by atoms with Crippen LogP contribution in [-0.2, 0) is 0 Å². The van der Waals surface area contributed by atoms with Crippen LogP contribution in [-0.4, -0.2) is 14.5 Å². The number of pyridine rings is 1. The van der Waals surface area contributed by atoms with Crippen LogP contribution in [0.5, 0.6) is 0 Å². The van der Waals surface area contributed by atoms with Gasteiger partial charge in [-0.25, -0.2) is 9.97 Å². The molecule has 0 fully saturated rings. The molecule has 0 amide bonds. The molecule has 0 aliphatic heterocycles. The molecule has 0 N–H and O–H groups in total. The zero-order chi connectivity index (χ0) is 10.3. The molecule has 0 aromatic carbocycles. The molecule has 3 aromatic rings. The van der Waals surface area contributed by atoms with Gasteiger partial charge in [0.15, 0.2) is 0 Å². The van der Waals surface area contributed by atoms with Crippen molar-refractivity contribution in [1.29, 1.82) is 0 Å². The first-order valence-electron chi connectivity index (χ1n) is 4.38. The molecule has 3 aromatic heterocycles. The highest BCUT2D eigenvalue weighted by Gasteiger charge is 2.08. The van der Waals surface area contributed by atoms with Crippen LogP contribution in [0.15, 0.2) is 41.4 Å². The summed E-state index contributed by atoms with van der Waals surface area (Å²) >= 11 is 5.96. The Morgan fingerprint density at radius 2 is 2.13 bits per heavy atom. The number of hydrogen-bond acceptors (Lipinski definition) is 3. The SMILES string of the molecule is Clc1nccc2c1ccn2-c1ncco1. The lowest BCUT2D eigenvalue weighted by Gasteiger charge is -1.98. The minimum Gasteiger partial charge on any atom is -0.432 e. The van der Waals surface area contributed by atoms with Crippen molar-refractivity contribution >= 4 is 22.5 Å². The molecule has 15 heavy (non-hydrogen) atoms. The Morgan fingerprint density at radius 1 is 1.20 bits per heavy atom. The summed E-state index contributed by atoms with van der Waals surface area (Å²) in [7, 11) is 0. The normalized spacial score (nSPS) is 11.0. The summed E-state index contributed by atoms with van der Waals surface area (Å²) in [5.41, 5.74) is 0.928. The molecule has 0 aliphatic rings. The second kappa shape index (κ2) is 3.10. The highest BCUT2D eigenvalue weighted by atomic mass is 35.5. The van der Waals surface area contributed by atoms with Crippen molar-refractivity contribution in [3.63, 3.8) is 0 Å². The largest absolute Gasteiger partial charge is 0.432 e. The average molecular weight is 220 g/mol. The molecule has 3 heterocycles. The Kier molecular flexibility index (Phi) is 1.76. The first-order chi connectivity index (χ1) is 7.36. The number of fused-ring (bicyclic) bond motifs is 1. The topological polar surface area (TPSA) is 43.9 Å². The van der Waals surface area contributed by atoms with Crippen LogP contribution in [0.3, 0.4) is 0 Å². The van der Waals surface area contributed by atoms with Crippen LogP contribution in [0.1, 0.15) is 0 Å². The number of halogens is 1. The summed E-state index contributed by atoms with van der Waals surface area (Å²) in [6.07, 6.45) is 6.64. The Labute approximate surface area is 90.1 Å². The van der Waals surface area contributed by atoms with Crippen molar-refractivity contribution in [1.82, 2.24) is 14.5 Å². The first kappa shape index (κ1) is 8.49. The van der Waals surface area contributed by atoms with E-state index in [1.165, 1.54) is 6.26 Å². The number of rotatable bonds is 1. The van der Waals surface area contributed by atoms with Gasteiger partial charge in [0.1, 0.15) is 11.4 Å². The quantitative estimate of drug-likeness (QED) is 0.591. The van der Waals surface area contributed by atoms with E-state index in [1.807, 2.05) is 22.9 Å². The van der Waals surface area contributed by atoms with Gasteiger partial charge in [-0.1, -0.05) is 11.6 Å². The van der Waals surface area contributed by atoms with Gasteiger partial charge in [-0.2, -0.15) is 0 Å². The monoisotopic (exact) mass is 219 g/mol. The highest BCUT2D eigenvalue weighted by Crippen LogP contribution is 2.24. The van der Waals surface area contributed by atoms with Crippen molar-refractivity contribution in [3.05, 3.63) is 42.1 Å². The summed E-state index contributed by atoms with van der Waals surface area (Å²) in [4.78, 5) is 8.07. The molecule has 0 saturated carbocycles. The average Bonchev–Trinajstić information content (AvgIpc) is 2.85. The Morgan fingerprint density at radius 3 is 2.93 bits per heavy atom. The second-order valence-electron chi connectivity index (χ2n) is 3.03. The van der Waals surface area contributed by atoms with E-state index in [2.05, 4.69) is 9.97 Å². The maximum absolute atomic E-state index is 5.96. The van der Waals surface area contributed by atoms with E-state index in [9.17, 15) is 0 Å². The van der Waals surface area contributed by atoms with Crippen molar-refractivity contribution in [2.75, 3.05) is 0 Å². The van der Waals surface area contributed by atoms with Crippen LogP contribution in [0, 0.1) is 0 Å². The number of nitrogens with zero attached hydrogens (tertiary/aromatic N) is 3. The van der Waals surface area contributed by atoms with E-state index in [0.29, 0.717) is 11.2 Å². The van der Waals surface area contributed by atoms with Gasteiger partial charge in [0.05, 0.1) is 11.7 Å². The molecule has 5 heteroatoms. The second-order valence-corrected chi connectivity index (χ2v) is 3.39. The third-order valence-electron chi connectivity index (χ3n) is 2.19. The van der Waals surface area contributed by atoms with E-state index < -0.39 is 0 Å². The fraction of sp³-hybridized carbons (Fsp3) is 0. The maximum atomic E-state index is 5.96. The fourth-order valence-corrected chi connectivity index (χ4v) is 1.75. The summed E-state index contributed by atoms with van der Waals surface area (Å²) in [5, 5.41) is 1.37. The third kappa shape index (κ3) is 1.22. The van der Waals surface area contributed by atoms with Gasteiger partial charge in [-0.15, -0.1) is 0 Å². The molecule has 4 nitrogen and oxygen atoms in total. The van der Waals surface area contributed by atoms with Crippen LogP contribution in [0.25, 0.3) is 16.9 Å². The van der Waals surface area contributed by atoms with Gasteiger partial charge < -0.3 is 4.42 Å². The van der Waals surface area contributed by atoms with Gasteiger partial charge in [0, 0.05) is 17.8 Å². The lowest BCUT2D eigenvalue weighted by atomic mass is 10.3. The Hall–Kier alpha value is -1.81. The van der Waals surface area contributed by atoms with E-state index in [4.69, 9.17) is 16.0 Å². The van der Waals surface area contributed by atoms with Crippen molar-refractivity contribution in [2.24, 2.45) is 0 Å². The molecule has 0 saturated heterocycles. The van der Waals surface area contributed by atoms with E-state index in [1.54, 1.807) is 12.4 Å². The zero-order valence-corrected chi connectivity index (χ0v) is 8.35. The molecule has 3 rings (SSSR count). The summed E-state index contributed by atoms with van der Waals surface area (Å²) in [5.74, 6) is 0. The first-order valence-corrected chi connectivity index (χ1v) is 4.75. The lowest BCUT2D eigenvalue weighted by Crippen LogP contribution is -1.91. The minimum absolute atomic E-state index is 0.484. The van der Waals surface area contributed by atoms with Crippen molar-refractivity contribution in [2.45, 2.75) is 0 Å².